The highest BCUT2D eigenvalue weighted by Gasteiger charge is 2.20. The number of benzene rings is 1. The van der Waals surface area contributed by atoms with Gasteiger partial charge >= 0.3 is 0 Å². The van der Waals surface area contributed by atoms with E-state index < -0.39 is 10.0 Å². The second-order valence-corrected chi connectivity index (χ2v) is 9.22. The van der Waals surface area contributed by atoms with Gasteiger partial charge < -0.3 is 10.6 Å². The minimum Gasteiger partial charge on any atom is -0.356 e. The van der Waals surface area contributed by atoms with Crippen molar-refractivity contribution in [3.8, 4) is 0 Å². The Labute approximate surface area is 183 Å². The molecule has 1 unspecified atom stereocenters. The van der Waals surface area contributed by atoms with Crippen LogP contribution in [0.4, 0.5) is 0 Å². The molecule has 0 radical (unpaired) electrons. The van der Waals surface area contributed by atoms with Crippen LogP contribution < -0.4 is 10.6 Å². The second kappa shape index (κ2) is 11.0. The lowest BCUT2D eigenvalue weighted by Gasteiger charge is -2.18. The molecule has 1 atom stereocenters. The number of nitrogens with zero attached hydrogens (tertiary/aromatic N) is 2. The summed E-state index contributed by atoms with van der Waals surface area (Å²) in [5.74, 6) is 1.01. The summed E-state index contributed by atoms with van der Waals surface area (Å²) < 4.78 is 26.2. The topological polar surface area (TPSA) is 73.8 Å². The molecule has 2 N–H and O–H groups in total. The molecule has 9 heteroatoms. The molecule has 0 saturated carbocycles. The van der Waals surface area contributed by atoms with Crippen molar-refractivity contribution in [2.75, 3.05) is 27.7 Å². The van der Waals surface area contributed by atoms with Gasteiger partial charge in [0.2, 0.25) is 10.0 Å². The Morgan fingerprint density at radius 3 is 2.48 bits per heavy atom. The highest BCUT2D eigenvalue weighted by atomic mass is 127. The Morgan fingerprint density at radius 2 is 1.89 bits per heavy atom. The molecule has 0 aliphatic heterocycles. The molecule has 1 aromatic heterocycles. The van der Waals surface area contributed by atoms with Crippen LogP contribution in [0.3, 0.4) is 0 Å². The minimum atomic E-state index is -3.48. The van der Waals surface area contributed by atoms with E-state index in [2.05, 4.69) is 34.0 Å². The van der Waals surface area contributed by atoms with Crippen LogP contribution in [0.15, 0.2) is 51.7 Å². The van der Waals surface area contributed by atoms with Crippen molar-refractivity contribution in [2.24, 2.45) is 4.99 Å². The van der Waals surface area contributed by atoms with Gasteiger partial charge in [0, 0.05) is 45.0 Å². The number of nitrogens with one attached hydrogen (secondary N) is 2. The molecule has 27 heavy (non-hydrogen) atoms. The Bertz CT molecular complexity index is 837. The number of guanidine groups is 1. The van der Waals surface area contributed by atoms with Gasteiger partial charge in [-0.1, -0.05) is 31.2 Å². The molecule has 2 aromatic rings. The molecule has 0 amide bonds. The van der Waals surface area contributed by atoms with Crippen LogP contribution in [-0.2, 0) is 16.6 Å². The maximum atomic E-state index is 12.5. The van der Waals surface area contributed by atoms with E-state index in [-0.39, 0.29) is 24.0 Å². The molecule has 0 spiro atoms. The fourth-order valence-electron chi connectivity index (χ4n) is 2.42. The van der Waals surface area contributed by atoms with Crippen LogP contribution in [0, 0.1) is 0 Å². The van der Waals surface area contributed by atoms with Gasteiger partial charge in [0.05, 0.1) is 4.90 Å². The molecular weight excluding hydrogens is 495 g/mol. The first kappa shape index (κ1) is 23.9. The Balaban J connectivity index is 0.00000364. The minimum absolute atomic E-state index is 0. The second-order valence-electron chi connectivity index (χ2n) is 6.12. The molecule has 0 fully saturated rings. The Hall–Kier alpha value is -1.17. The Kier molecular flexibility index (Phi) is 9.71. The van der Waals surface area contributed by atoms with E-state index in [1.165, 1.54) is 23.3 Å². The number of hydrogen-bond acceptors (Lipinski definition) is 4. The van der Waals surface area contributed by atoms with Crippen LogP contribution >= 0.6 is 35.3 Å². The number of aliphatic imine (C=N–C) groups is 1. The molecule has 0 aliphatic carbocycles. The summed E-state index contributed by atoms with van der Waals surface area (Å²) in [6.07, 6.45) is 0. The molecule has 0 bridgehead atoms. The van der Waals surface area contributed by atoms with E-state index in [0.717, 1.165) is 6.54 Å². The van der Waals surface area contributed by atoms with Crippen molar-refractivity contribution in [2.45, 2.75) is 24.3 Å². The maximum Gasteiger partial charge on any atom is 0.242 e. The molecule has 0 aliphatic rings. The van der Waals surface area contributed by atoms with Crippen molar-refractivity contribution in [1.29, 1.82) is 0 Å². The summed E-state index contributed by atoms with van der Waals surface area (Å²) in [5, 5.41) is 8.56. The molecule has 0 saturated heterocycles. The predicted molar refractivity (Wildman–Crippen MR) is 124 cm³/mol. The van der Waals surface area contributed by atoms with E-state index in [0.29, 0.717) is 28.9 Å². The predicted octanol–water partition coefficient (Wildman–Crippen LogP) is 3.09. The van der Waals surface area contributed by atoms with Gasteiger partial charge in [-0.3, -0.25) is 4.99 Å². The molecule has 6 nitrogen and oxygen atoms in total. The third kappa shape index (κ3) is 6.44. The average molecular weight is 522 g/mol. The van der Waals surface area contributed by atoms with Crippen LogP contribution in [0.5, 0.6) is 0 Å². The van der Waals surface area contributed by atoms with E-state index in [9.17, 15) is 8.42 Å². The fraction of sp³-hybridized carbons (Fsp3) is 0.389. The summed E-state index contributed by atoms with van der Waals surface area (Å²) in [4.78, 5) is 5.84. The van der Waals surface area contributed by atoms with Gasteiger partial charge in [0.15, 0.2) is 5.96 Å². The Morgan fingerprint density at radius 1 is 1.19 bits per heavy atom. The lowest BCUT2D eigenvalue weighted by molar-refractivity contribution is 0.519. The quantitative estimate of drug-likeness (QED) is 0.333. The zero-order valence-corrected chi connectivity index (χ0v) is 19.9. The highest BCUT2D eigenvalue weighted by Crippen LogP contribution is 2.20. The lowest BCUT2D eigenvalue weighted by Crippen LogP contribution is -2.39. The smallest absolute Gasteiger partial charge is 0.242 e. The van der Waals surface area contributed by atoms with Crippen molar-refractivity contribution in [3.05, 3.63) is 52.2 Å². The zero-order valence-electron chi connectivity index (χ0n) is 16.0. The summed E-state index contributed by atoms with van der Waals surface area (Å²) >= 11 is 1.74. The molecule has 150 valence electrons. The first-order valence-electron chi connectivity index (χ1n) is 8.34. The number of sulfonamides is 1. The molecule has 1 aromatic carbocycles. The third-order valence-corrected chi connectivity index (χ3v) is 7.03. The van der Waals surface area contributed by atoms with Crippen molar-refractivity contribution in [3.63, 3.8) is 0 Å². The lowest BCUT2D eigenvalue weighted by atomic mass is 10.1. The summed E-state index contributed by atoms with van der Waals surface area (Å²) in [5.41, 5.74) is 0.704. The van der Waals surface area contributed by atoms with Crippen LogP contribution in [-0.4, -0.2) is 46.4 Å². The van der Waals surface area contributed by atoms with E-state index in [4.69, 9.17) is 0 Å². The number of halogens is 1. The SMILES string of the molecule is CN=C(NCc1ccccc1S(=O)(=O)N(C)C)NCC(C)c1cccs1.I. The van der Waals surface area contributed by atoms with Gasteiger partial charge in [0.25, 0.3) is 0 Å². The average Bonchev–Trinajstić information content (AvgIpc) is 3.16. The maximum absolute atomic E-state index is 12.5. The molecular formula is C18H27IN4O2S2. The van der Waals surface area contributed by atoms with Gasteiger partial charge in [0.1, 0.15) is 0 Å². The van der Waals surface area contributed by atoms with Crippen LogP contribution in [0.2, 0.25) is 0 Å². The summed E-state index contributed by atoms with van der Waals surface area (Å²) in [6.45, 7) is 3.28. The number of hydrogen-bond donors (Lipinski definition) is 2. The fourth-order valence-corrected chi connectivity index (χ4v) is 4.32. The van der Waals surface area contributed by atoms with Crippen molar-refractivity contribution in [1.82, 2.24) is 14.9 Å². The third-order valence-electron chi connectivity index (χ3n) is 4.01. The number of thiophene rings is 1. The molecule has 1 heterocycles. The largest absolute Gasteiger partial charge is 0.356 e. The normalized spacial score (nSPS) is 13.1. The van der Waals surface area contributed by atoms with Crippen molar-refractivity contribution < 1.29 is 8.42 Å². The van der Waals surface area contributed by atoms with Gasteiger partial charge in [-0.05, 0) is 23.1 Å². The van der Waals surface area contributed by atoms with E-state index >= 15 is 0 Å². The number of rotatable bonds is 7. The summed E-state index contributed by atoms with van der Waals surface area (Å²) in [7, 11) is 1.29. The highest BCUT2D eigenvalue weighted by molar-refractivity contribution is 14.0. The van der Waals surface area contributed by atoms with E-state index in [1.807, 2.05) is 18.2 Å². The van der Waals surface area contributed by atoms with E-state index in [1.54, 1.807) is 30.5 Å². The van der Waals surface area contributed by atoms with Crippen LogP contribution in [0.25, 0.3) is 0 Å². The van der Waals surface area contributed by atoms with Crippen LogP contribution in [0.1, 0.15) is 23.3 Å². The first-order valence-corrected chi connectivity index (χ1v) is 10.7. The first-order chi connectivity index (χ1) is 12.4. The summed E-state index contributed by atoms with van der Waals surface area (Å²) in [6, 6.07) is 11.2. The monoisotopic (exact) mass is 522 g/mol. The van der Waals surface area contributed by atoms with Crippen molar-refractivity contribution >= 4 is 51.3 Å². The zero-order chi connectivity index (χ0) is 19.2. The van der Waals surface area contributed by atoms with Gasteiger partial charge in [-0.2, -0.15) is 0 Å². The van der Waals surface area contributed by atoms with Gasteiger partial charge in [-0.15, -0.1) is 35.3 Å². The van der Waals surface area contributed by atoms with Gasteiger partial charge in [-0.25, -0.2) is 12.7 Å². The molecule has 2 rings (SSSR count). The standard InChI is InChI=1S/C18H26N4O2S2.HI/c1-14(16-9-7-11-25-16)12-20-18(19-2)21-13-15-8-5-6-10-17(15)26(23,24)22(3)4;/h5-11,14H,12-13H2,1-4H3,(H2,19,20,21);1H.